The molecule has 1 aliphatic heterocycles. The highest BCUT2D eigenvalue weighted by Gasteiger charge is 2.29. The second-order valence-corrected chi connectivity index (χ2v) is 9.82. The lowest BCUT2D eigenvalue weighted by atomic mass is 10.1. The fourth-order valence-corrected chi connectivity index (χ4v) is 5.36. The molecule has 4 aromatic rings. The number of thioether (sulfide) groups is 1. The third-order valence-corrected chi connectivity index (χ3v) is 7.18. The molecule has 0 aliphatic carbocycles. The van der Waals surface area contributed by atoms with E-state index >= 15 is 0 Å². The van der Waals surface area contributed by atoms with Crippen molar-refractivity contribution >= 4 is 29.3 Å². The third kappa shape index (κ3) is 5.44. The number of allylic oxidation sites excluding steroid dienone is 1. The lowest BCUT2D eigenvalue weighted by Crippen LogP contribution is -2.36. The van der Waals surface area contributed by atoms with Gasteiger partial charge in [-0.3, -0.25) is 4.98 Å². The van der Waals surface area contributed by atoms with Crippen LogP contribution < -0.4 is 15.4 Å². The number of nitrogens with zero attached hydrogens (tertiary/aromatic N) is 3. The summed E-state index contributed by atoms with van der Waals surface area (Å²) in [6, 6.07) is 26.3. The van der Waals surface area contributed by atoms with Gasteiger partial charge in [0.2, 0.25) is 0 Å². The molecule has 2 N–H and O–H groups in total. The van der Waals surface area contributed by atoms with Crippen LogP contribution in [-0.2, 0) is 6.42 Å². The fraction of sp³-hybridized carbons (Fsp3) is 0.111. The lowest BCUT2D eigenvalue weighted by Gasteiger charge is -2.27. The normalized spacial score (nSPS) is 15.3. The molecular weight excluding hydrogens is 460 g/mol. The van der Waals surface area contributed by atoms with E-state index in [1.807, 2.05) is 60.8 Å². The Morgan fingerprint density at radius 1 is 0.912 bits per heavy atom. The Balaban J connectivity index is 1.45. The SMILES string of the molecule is NC1SC=C(CCc2ccccc2)N1c1ncc(Sc2ccncc2)cc1Oc1ccccc1. The molecule has 2 aromatic carbocycles. The number of anilines is 1. The van der Waals surface area contributed by atoms with E-state index in [2.05, 4.69) is 39.6 Å². The molecular formula is C27H24N4OS2. The largest absolute Gasteiger partial charge is 0.453 e. The number of benzene rings is 2. The summed E-state index contributed by atoms with van der Waals surface area (Å²) in [5.41, 5.74) is 8.71. The maximum absolute atomic E-state index is 6.52. The van der Waals surface area contributed by atoms with Crippen molar-refractivity contribution in [3.8, 4) is 11.5 Å². The molecule has 0 saturated heterocycles. The number of aryl methyl sites for hydroxylation is 1. The number of nitrogens with two attached hydrogens (primary N) is 1. The number of hydrogen-bond acceptors (Lipinski definition) is 7. The summed E-state index contributed by atoms with van der Waals surface area (Å²) in [4.78, 5) is 13.1. The van der Waals surface area contributed by atoms with Crippen LogP contribution in [0.5, 0.6) is 11.5 Å². The summed E-state index contributed by atoms with van der Waals surface area (Å²) >= 11 is 3.22. The lowest BCUT2D eigenvalue weighted by molar-refractivity contribution is 0.477. The minimum Gasteiger partial charge on any atom is -0.453 e. The second kappa shape index (κ2) is 10.8. The minimum atomic E-state index is -0.255. The van der Waals surface area contributed by atoms with Crippen molar-refractivity contribution in [1.82, 2.24) is 9.97 Å². The summed E-state index contributed by atoms with van der Waals surface area (Å²) in [5, 5.41) is 2.14. The number of ether oxygens (including phenoxy) is 1. The Morgan fingerprint density at radius 3 is 2.41 bits per heavy atom. The fourth-order valence-electron chi connectivity index (χ4n) is 3.67. The van der Waals surface area contributed by atoms with E-state index in [9.17, 15) is 0 Å². The van der Waals surface area contributed by atoms with Crippen molar-refractivity contribution in [2.75, 3.05) is 4.90 Å². The molecule has 5 nitrogen and oxygen atoms in total. The number of hydrogen-bond donors (Lipinski definition) is 1. The maximum Gasteiger partial charge on any atom is 0.178 e. The molecule has 7 heteroatoms. The van der Waals surface area contributed by atoms with Crippen LogP contribution in [0.4, 0.5) is 5.82 Å². The van der Waals surface area contributed by atoms with Gasteiger partial charge in [0.15, 0.2) is 11.6 Å². The van der Waals surface area contributed by atoms with Crippen LogP contribution in [-0.4, -0.2) is 15.5 Å². The first kappa shape index (κ1) is 22.5. The van der Waals surface area contributed by atoms with Crippen molar-refractivity contribution in [3.05, 3.63) is 114 Å². The van der Waals surface area contributed by atoms with Gasteiger partial charge in [0, 0.05) is 40.1 Å². The third-order valence-electron chi connectivity index (χ3n) is 5.31. The summed E-state index contributed by atoms with van der Waals surface area (Å²) in [6.45, 7) is 0. The van der Waals surface area contributed by atoms with Crippen LogP contribution in [0.2, 0.25) is 0 Å². The van der Waals surface area contributed by atoms with Crippen molar-refractivity contribution in [3.63, 3.8) is 0 Å². The average Bonchev–Trinajstić information content (AvgIpc) is 3.25. The maximum atomic E-state index is 6.52. The molecule has 3 heterocycles. The van der Waals surface area contributed by atoms with Crippen LogP contribution in [0.3, 0.4) is 0 Å². The Morgan fingerprint density at radius 2 is 1.65 bits per heavy atom. The summed E-state index contributed by atoms with van der Waals surface area (Å²) < 4.78 is 6.34. The molecule has 1 aliphatic rings. The Labute approximate surface area is 208 Å². The zero-order valence-electron chi connectivity index (χ0n) is 18.5. The number of aromatic nitrogens is 2. The van der Waals surface area contributed by atoms with E-state index in [0.29, 0.717) is 5.75 Å². The van der Waals surface area contributed by atoms with Crippen LogP contribution in [0.1, 0.15) is 12.0 Å². The van der Waals surface area contributed by atoms with E-state index in [1.54, 1.807) is 35.9 Å². The molecule has 0 bridgehead atoms. The van der Waals surface area contributed by atoms with Gasteiger partial charge < -0.3 is 15.4 Å². The van der Waals surface area contributed by atoms with Crippen LogP contribution in [0.15, 0.2) is 118 Å². The van der Waals surface area contributed by atoms with Gasteiger partial charge in [-0.15, -0.1) is 0 Å². The van der Waals surface area contributed by atoms with Gasteiger partial charge in [-0.05, 0) is 48.1 Å². The van der Waals surface area contributed by atoms with E-state index in [0.717, 1.165) is 39.9 Å². The van der Waals surface area contributed by atoms with Crippen molar-refractivity contribution < 1.29 is 4.74 Å². The van der Waals surface area contributed by atoms with E-state index in [-0.39, 0.29) is 5.50 Å². The predicted molar refractivity (Wildman–Crippen MR) is 140 cm³/mol. The molecule has 170 valence electrons. The molecule has 1 atom stereocenters. The Bertz CT molecular complexity index is 1250. The van der Waals surface area contributed by atoms with Crippen LogP contribution in [0.25, 0.3) is 0 Å². The van der Waals surface area contributed by atoms with Gasteiger partial charge in [0.1, 0.15) is 11.2 Å². The summed E-state index contributed by atoms with van der Waals surface area (Å²) in [6.07, 6.45) is 7.25. The van der Waals surface area contributed by atoms with Crippen molar-refractivity contribution in [2.24, 2.45) is 5.73 Å². The Hall–Kier alpha value is -3.26. The van der Waals surface area contributed by atoms with Crippen molar-refractivity contribution in [2.45, 2.75) is 28.1 Å². The first-order chi connectivity index (χ1) is 16.8. The number of para-hydroxylation sites is 1. The van der Waals surface area contributed by atoms with E-state index in [1.165, 1.54) is 5.56 Å². The zero-order chi connectivity index (χ0) is 23.2. The highest BCUT2D eigenvalue weighted by molar-refractivity contribution is 8.03. The quantitative estimate of drug-likeness (QED) is 0.299. The van der Waals surface area contributed by atoms with Gasteiger partial charge in [0.25, 0.3) is 0 Å². The molecule has 0 amide bonds. The highest BCUT2D eigenvalue weighted by Crippen LogP contribution is 2.42. The van der Waals surface area contributed by atoms with Crippen LogP contribution >= 0.6 is 23.5 Å². The molecule has 2 aromatic heterocycles. The molecule has 34 heavy (non-hydrogen) atoms. The minimum absolute atomic E-state index is 0.255. The standard InChI is InChI=1S/C27H24N4OS2/c28-27-31(21(19-33-27)12-11-20-7-3-1-4-8-20)26-25(32-22-9-5-2-6-10-22)17-24(18-30-26)34-23-13-15-29-16-14-23/h1-10,13-19,27H,11-12,28H2. The topological polar surface area (TPSA) is 64.3 Å². The molecule has 5 rings (SSSR count). The average molecular weight is 485 g/mol. The van der Waals surface area contributed by atoms with Gasteiger partial charge in [-0.2, -0.15) is 0 Å². The van der Waals surface area contributed by atoms with E-state index in [4.69, 9.17) is 15.5 Å². The van der Waals surface area contributed by atoms with Gasteiger partial charge >= 0.3 is 0 Å². The number of pyridine rings is 2. The van der Waals surface area contributed by atoms with Gasteiger partial charge in [-0.1, -0.05) is 72.1 Å². The van der Waals surface area contributed by atoms with Crippen LogP contribution in [0, 0.1) is 0 Å². The number of rotatable bonds is 8. The first-order valence-corrected chi connectivity index (χ1v) is 12.8. The highest BCUT2D eigenvalue weighted by atomic mass is 32.2. The molecule has 0 saturated carbocycles. The smallest absolute Gasteiger partial charge is 0.178 e. The van der Waals surface area contributed by atoms with Gasteiger partial charge in [0.05, 0.1) is 0 Å². The zero-order valence-corrected chi connectivity index (χ0v) is 20.1. The molecule has 0 spiro atoms. The summed E-state index contributed by atoms with van der Waals surface area (Å²) in [7, 11) is 0. The molecule has 1 unspecified atom stereocenters. The molecule has 0 fully saturated rings. The predicted octanol–water partition coefficient (Wildman–Crippen LogP) is 6.69. The summed E-state index contributed by atoms with van der Waals surface area (Å²) in [5.74, 6) is 2.15. The second-order valence-electron chi connectivity index (χ2n) is 7.68. The molecule has 0 radical (unpaired) electrons. The van der Waals surface area contributed by atoms with Crippen molar-refractivity contribution in [1.29, 1.82) is 0 Å². The van der Waals surface area contributed by atoms with Gasteiger partial charge in [-0.25, -0.2) is 4.98 Å². The monoisotopic (exact) mass is 484 g/mol. The Kier molecular flexibility index (Phi) is 7.14. The van der Waals surface area contributed by atoms with E-state index < -0.39 is 0 Å². The first-order valence-electron chi connectivity index (χ1n) is 11.0.